The van der Waals surface area contributed by atoms with Gasteiger partial charge in [-0.15, -0.1) is 0 Å². The fourth-order valence-electron chi connectivity index (χ4n) is 4.17. The Morgan fingerprint density at radius 2 is 1.79 bits per heavy atom. The van der Waals surface area contributed by atoms with Crippen molar-refractivity contribution >= 4 is 40.3 Å². The van der Waals surface area contributed by atoms with Gasteiger partial charge in [0.2, 0.25) is 6.08 Å². The van der Waals surface area contributed by atoms with Gasteiger partial charge in [-0.3, -0.25) is 14.9 Å². The first-order valence-corrected chi connectivity index (χ1v) is 11.9. The molecule has 0 saturated carbocycles. The number of hydrogen-bond donors (Lipinski definition) is 2. The lowest BCUT2D eigenvalue weighted by Crippen LogP contribution is -2.25. The molecule has 0 aliphatic carbocycles. The summed E-state index contributed by atoms with van der Waals surface area (Å²) in [7, 11) is 0. The highest BCUT2D eigenvalue weighted by atomic mass is 16.6. The van der Waals surface area contributed by atoms with Gasteiger partial charge in [-0.1, -0.05) is 24.3 Å². The molecule has 3 N–H and O–H groups in total. The van der Waals surface area contributed by atoms with Gasteiger partial charge in [-0.05, 0) is 62.2 Å². The number of isocyanates is 1. The van der Waals surface area contributed by atoms with Crippen molar-refractivity contribution < 1.29 is 19.2 Å². The third-order valence-corrected chi connectivity index (χ3v) is 5.78. The SMILES string of the molecule is CC(C)(C)Oc1ccc(N(CN=C=O)/C(=C2\C(=O)Nc3ccc([N+](=O)[O-])cc32)c2ccc(CN)cc2)cc1. The van der Waals surface area contributed by atoms with Crippen molar-refractivity contribution in [2.24, 2.45) is 10.7 Å². The Balaban J connectivity index is 1.96. The van der Waals surface area contributed by atoms with Crippen molar-refractivity contribution in [3.05, 3.63) is 93.5 Å². The summed E-state index contributed by atoms with van der Waals surface area (Å²) in [4.78, 5) is 41.0. The van der Waals surface area contributed by atoms with Crippen LogP contribution in [0.2, 0.25) is 0 Å². The number of non-ortho nitro benzene ring substituents is 1. The lowest BCUT2D eigenvalue weighted by atomic mass is 9.97. The highest BCUT2D eigenvalue weighted by Crippen LogP contribution is 2.41. The minimum atomic E-state index is -0.515. The largest absolute Gasteiger partial charge is 0.488 e. The summed E-state index contributed by atoms with van der Waals surface area (Å²) in [6.45, 7) is 5.99. The number of fused-ring (bicyclic) bond motifs is 1. The van der Waals surface area contributed by atoms with Crippen LogP contribution in [0.25, 0.3) is 11.3 Å². The van der Waals surface area contributed by atoms with E-state index in [-0.39, 0.29) is 17.9 Å². The molecule has 4 rings (SSSR count). The molecule has 0 fully saturated rings. The van der Waals surface area contributed by atoms with Crippen molar-refractivity contribution in [2.75, 3.05) is 16.9 Å². The number of carbonyl (C=O) groups is 1. The summed E-state index contributed by atoms with van der Waals surface area (Å²) in [6, 6.07) is 18.6. The molecular formula is C28H27N5O5. The first-order chi connectivity index (χ1) is 18.1. The van der Waals surface area contributed by atoms with Crippen LogP contribution in [0.1, 0.15) is 37.5 Å². The second kappa shape index (κ2) is 10.7. The van der Waals surface area contributed by atoms with E-state index in [1.54, 1.807) is 35.2 Å². The quantitative estimate of drug-likeness (QED) is 0.144. The number of anilines is 2. The van der Waals surface area contributed by atoms with Crippen LogP contribution in [0.3, 0.4) is 0 Å². The van der Waals surface area contributed by atoms with Gasteiger partial charge in [0.1, 0.15) is 18.0 Å². The highest BCUT2D eigenvalue weighted by Gasteiger charge is 2.32. The summed E-state index contributed by atoms with van der Waals surface area (Å²) in [5.41, 5.74) is 8.78. The van der Waals surface area contributed by atoms with Crippen LogP contribution < -0.4 is 20.7 Å². The number of nitrogens with zero attached hydrogens (tertiary/aromatic N) is 3. The molecule has 3 aromatic rings. The summed E-state index contributed by atoms with van der Waals surface area (Å²) >= 11 is 0. The Bertz CT molecular complexity index is 1450. The van der Waals surface area contributed by atoms with E-state index in [1.807, 2.05) is 45.0 Å². The molecule has 10 heteroatoms. The van der Waals surface area contributed by atoms with Gasteiger partial charge >= 0.3 is 0 Å². The summed E-state index contributed by atoms with van der Waals surface area (Å²) in [5, 5.41) is 14.3. The van der Waals surface area contributed by atoms with Crippen molar-refractivity contribution in [3.8, 4) is 5.75 Å². The molecule has 0 unspecified atom stereocenters. The fourth-order valence-corrected chi connectivity index (χ4v) is 4.17. The third kappa shape index (κ3) is 5.62. The first kappa shape index (κ1) is 26.3. The van der Waals surface area contributed by atoms with Gasteiger partial charge in [0.15, 0.2) is 0 Å². The average molecular weight is 514 g/mol. The van der Waals surface area contributed by atoms with Crippen molar-refractivity contribution in [1.82, 2.24) is 0 Å². The van der Waals surface area contributed by atoms with Crippen molar-refractivity contribution in [1.29, 1.82) is 0 Å². The Labute approximate surface area is 219 Å². The van der Waals surface area contributed by atoms with E-state index in [2.05, 4.69) is 10.3 Å². The predicted octanol–water partition coefficient (Wildman–Crippen LogP) is 4.85. The molecule has 0 spiro atoms. The van der Waals surface area contributed by atoms with Crippen LogP contribution in [0, 0.1) is 10.1 Å². The average Bonchev–Trinajstić information content (AvgIpc) is 3.21. The molecule has 1 aliphatic rings. The Kier molecular flexibility index (Phi) is 7.38. The number of carbonyl (C=O) groups excluding carboxylic acids is 2. The predicted molar refractivity (Wildman–Crippen MR) is 145 cm³/mol. The zero-order valence-electron chi connectivity index (χ0n) is 21.2. The van der Waals surface area contributed by atoms with Gasteiger partial charge < -0.3 is 20.7 Å². The maximum Gasteiger partial charge on any atom is 0.270 e. The maximum atomic E-state index is 13.4. The van der Waals surface area contributed by atoms with Crippen LogP contribution in [0.4, 0.5) is 17.1 Å². The van der Waals surface area contributed by atoms with Crippen LogP contribution >= 0.6 is 0 Å². The third-order valence-electron chi connectivity index (χ3n) is 5.78. The molecule has 0 saturated heterocycles. The summed E-state index contributed by atoms with van der Waals surface area (Å²) < 4.78 is 5.93. The van der Waals surface area contributed by atoms with E-state index in [4.69, 9.17) is 10.5 Å². The molecule has 1 aliphatic heterocycles. The number of ether oxygens (including phenoxy) is 1. The second-order valence-electron chi connectivity index (χ2n) is 9.59. The van der Waals surface area contributed by atoms with Crippen molar-refractivity contribution in [2.45, 2.75) is 32.9 Å². The molecule has 0 radical (unpaired) electrons. The number of aliphatic imine (C=N–C) groups is 1. The highest BCUT2D eigenvalue weighted by molar-refractivity contribution is 6.37. The molecule has 0 aromatic heterocycles. The fraction of sp³-hybridized carbons (Fsp3) is 0.214. The minimum Gasteiger partial charge on any atom is -0.488 e. The number of hydrogen-bond acceptors (Lipinski definition) is 8. The summed E-state index contributed by atoms with van der Waals surface area (Å²) in [6.07, 6.45) is 1.56. The molecule has 1 heterocycles. The Morgan fingerprint density at radius 1 is 1.11 bits per heavy atom. The number of nitro groups is 1. The lowest BCUT2D eigenvalue weighted by Gasteiger charge is -2.28. The number of amides is 1. The van der Waals surface area contributed by atoms with Gasteiger partial charge in [-0.2, -0.15) is 4.99 Å². The standard InChI is InChI=1S/C28H27N5O5/c1-28(2,3)38-22-11-8-20(9-12-22)32(16-30-17-34)26(19-6-4-18(15-29)5-7-19)25-23-14-21(33(36)37)10-13-24(23)31-27(25)35/h4-14H,15-16,29H2,1-3H3,(H,31,35)/b26-25-. The number of nitro benzene ring substituents is 1. The van der Waals surface area contributed by atoms with E-state index >= 15 is 0 Å². The Morgan fingerprint density at radius 3 is 2.37 bits per heavy atom. The van der Waals surface area contributed by atoms with Crippen LogP contribution in [0.15, 0.2) is 71.7 Å². The molecular weight excluding hydrogens is 486 g/mol. The number of rotatable bonds is 8. The molecule has 1 amide bonds. The number of nitrogens with two attached hydrogens (primary N) is 1. The van der Waals surface area contributed by atoms with E-state index < -0.39 is 16.4 Å². The van der Waals surface area contributed by atoms with Crippen molar-refractivity contribution in [3.63, 3.8) is 0 Å². The zero-order chi connectivity index (χ0) is 27.4. The maximum absolute atomic E-state index is 13.4. The van der Waals surface area contributed by atoms with E-state index in [0.29, 0.717) is 40.5 Å². The molecule has 0 bridgehead atoms. The van der Waals surface area contributed by atoms with Gasteiger partial charge in [0.05, 0.1) is 16.2 Å². The van der Waals surface area contributed by atoms with Gasteiger partial charge in [-0.25, -0.2) is 4.79 Å². The monoisotopic (exact) mass is 513 g/mol. The second-order valence-corrected chi connectivity index (χ2v) is 9.59. The van der Waals surface area contributed by atoms with Gasteiger partial charge in [0, 0.05) is 35.6 Å². The van der Waals surface area contributed by atoms with Crippen LogP contribution in [0.5, 0.6) is 5.75 Å². The molecule has 3 aromatic carbocycles. The van der Waals surface area contributed by atoms with E-state index in [0.717, 1.165) is 5.56 Å². The Hall–Kier alpha value is -4.79. The number of nitrogens with one attached hydrogen (secondary N) is 1. The topological polar surface area (TPSA) is 140 Å². The minimum absolute atomic E-state index is 0.155. The molecule has 10 nitrogen and oxygen atoms in total. The first-order valence-electron chi connectivity index (χ1n) is 11.9. The number of benzene rings is 3. The molecule has 0 atom stereocenters. The van der Waals surface area contributed by atoms with Gasteiger partial charge in [0.25, 0.3) is 11.6 Å². The molecule has 38 heavy (non-hydrogen) atoms. The zero-order valence-corrected chi connectivity index (χ0v) is 21.2. The van der Waals surface area contributed by atoms with Crippen LogP contribution in [-0.2, 0) is 16.1 Å². The normalized spacial score (nSPS) is 13.7. The van der Waals surface area contributed by atoms with Crippen LogP contribution in [-0.4, -0.2) is 29.2 Å². The molecule has 194 valence electrons. The van der Waals surface area contributed by atoms with E-state index in [9.17, 15) is 19.7 Å². The van der Waals surface area contributed by atoms with E-state index in [1.165, 1.54) is 18.2 Å². The summed E-state index contributed by atoms with van der Waals surface area (Å²) in [5.74, 6) is 0.201. The lowest BCUT2D eigenvalue weighted by molar-refractivity contribution is -0.384. The smallest absolute Gasteiger partial charge is 0.270 e.